The number of allylic oxidation sites excluding steroid dienone is 2. The van der Waals surface area contributed by atoms with Gasteiger partial charge in [0.15, 0.2) is 0 Å². The molecule has 0 unspecified atom stereocenters. The number of halogens is 1. The van der Waals surface area contributed by atoms with E-state index in [0.717, 1.165) is 24.2 Å². The Hall–Kier alpha value is -1.62. The van der Waals surface area contributed by atoms with Crippen LogP contribution in [0.1, 0.15) is 76.2 Å². The highest BCUT2D eigenvalue weighted by atomic mass is 19.1. The third-order valence-corrected chi connectivity index (χ3v) is 7.06. The Balaban J connectivity index is 1.28. The molecule has 0 aromatic heterocycles. The van der Waals surface area contributed by atoms with Gasteiger partial charge in [-0.05, 0) is 92.7 Å². The van der Waals surface area contributed by atoms with Gasteiger partial charge in [0.1, 0.15) is 5.82 Å². The van der Waals surface area contributed by atoms with E-state index in [9.17, 15) is 4.39 Å². The second-order valence-electron chi connectivity index (χ2n) is 8.82. The zero-order valence-electron chi connectivity index (χ0n) is 16.6. The van der Waals surface area contributed by atoms with Crippen LogP contribution in [-0.2, 0) is 6.42 Å². The van der Waals surface area contributed by atoms with E-state index in [1.807, 2.05) is 12.1 Å². The van der Waals surface area contributed by atoms with E-state index < -0.39 is 0 Å². The molecule has 1 aromatic rings. The molecule has 3 rings (SSSR count). The van der Waals surface area contributed by atoms with Crippen LogP contribution >= 0.6 is 0 Å². The number of benzene rings is 1. The normalized spacial score (nSPS) is 28.9. The first kappa shape index (κ1) is 20.1. The van der Waals surface area contributed by atoms with Crippen molar-refractivity contribution in [3.63, 3.8) is 0 Å². The molecule has 0 spiro atoms. The lowest BCUT2D eigenvalue weighted by Gasteiger charge is -2.37. The maximum atomic E-state index is 12.9. The molecule has 146 valence electrons. The van der Waals surface area contributed by atoms with Crippen LogP contribution in [-0.4, -0.2) is 0 Å². The fraction of sp³-hybridized carbons (Fsp3) is 0.640. The van der Waals surface area contributed by atoms with Gasteiger partial charge >= 0.3 is 0 Å². The Kier molecular flexibility index (Phi) is 7.93. The number of unbranched alkanes of at least 4 members (excludes halogenated alkanes) is 1. The molecule has 2 heteroatoms. The molecule has 0 aliphatic heterocycles. The molecule has 0 atom stereocenters. The van der Waals surface area contributed by atoms with Gasteiger partial charge in [-0.15, -0.1) is 0 Å². The maximum absolute atomic E-state index is 12.9. The first-order valence-corrected chi connectivity index (χ1v) is 11.1. The summed E-state index contributed by atoms with van der Waals surface area (Å²) in [5, 5.41) is 8.67. The molecule has 1 nitrogen and oxygen atoms in total. The van der Waals surface area contributed by atoms with Crippen molar-refractivity contribution >= 4 is 0 Å². The lowest BCUT2D eigenvalue weighted by molar-refractivity contribution is 0.151. The molecular formula is C25H34FN. The molecular weight excluding hydrogens is 333 g/mol. The molecule has 1 aromatic carbocycles. The van der Waals surface area contributed by atoms with Gasteiger partial charge in [-0.1, -0.05) is 43.9 Å². The predicted octanol–water partition coefficient (Wildman–Crippen LogP) is 7.23. The van der Waals surface area contributed by atoms with Gasteiger partial charge in [-0.3, -0.25) is 0 Å². The van der Waals surface area contributed by atoms with Gasteiger partial charge in [0.05, 0.1) is 6.07 Å². The molecule has 0 N–H and O–H groups in total. The third kappa shape index (κ3) is 6.49. The van der Waals surface area contributed by atoms with E-state index in [4.69, 9.17) is 5.26 Å². The highest BCUT2D eigenvalue weighted by Crippen LogP contribution is 2.42. The summed E-state index contributed by atoms with van der Waals surface area (Å²) in [6, 6.07) is 9.12. The van der Waals surface area contributed by atoms with Gasteiger partial charge in [0, 0.05) is 6.08 Å². The Labute approximate surface area is 164 Å². The van der Waals surface area contributed by atoms with Crippen molar-refractivity contribution in [2.24, 2.45) is 23.7 Å². The zero-order chi connectivity index (χ0) is 18.9. The summed E-state index contributed by atoms with van der Waals surface area (Å²) in [6.07, 6.45) is 19.8. The van der Waals surface area contributed by atoms with Crippen molar-refractivity contribution in [1.82, 2.24) is 0 Å². The van der Waals surface area contributed by atoms with Crippen LogP contribution in [0.25, 0.3) is 0 Å². The van der Waals surface area contributed by atoms with Crippen molar-refractivity contribution in [3.05, 3.63) is 47.8 Å². The Morgan fingerprint density at radius 3 is 2.15 bits per heavy atom. The smallest absolute Gasteiger partial charge is 0.123 e. The van der Waals surface area contributed by atoms with Crippen LogP contribution < -0.4 is 0 Å². The predicted molar refractivity (Wildman–Crippen MR) is 110 cm³/mol. The molecule has 0 radical (unpaired) electrons. The molecule has 0 saturated heterocycles. The minimum Gasteiger partial charge on any atom is -0.207 e. The number of hydrogen-bond acceptors (Lipinski definition) is 1. The van der Waals surface area contributed by atoms with E-state index in [-0.39, 0.29) is 5.82 Å². The van der Waals surface area contributed by atoms with Crippen molar-refractivity contribution < 1.29 is 4.39 Å². The summed E-state index contributed by atoms with van der Waals surface area (Å²) in [5.74, 6) is 3.35. The SMILES string of the molecule is N#CC=C[C@H]1CC[C@H]([C@H]2CC[C@H](CCCCc3ccc(F)cc3)CC2)CC1. The van der Waals surface area contributed by atoms with E-state index >= 15 is 0 Å². The van der Waals surface area contributed by atoms with Crippen LogP contribution in [0, 0.1) is 40.8 Å². The minimum absolute atomic E-state index is 0.136. The number of hydrogen-bond donors (Lipinski definition) is 0. The van der Waals surface area contributed by atoms with Crippen LogP contribution in [0.3, 0.4) is 0 Å². The summed E-state index contributed by atoms with van der Waals surface area (Å²) in [5.41, 5.74) is 1.26. The van der Waals surface area contributed by atoms with Gasteiger partial charge in [-0.25, -0.2) is 4.39 Å². The summed E-state index contributed by atoms with van der Waals surface area (Å²) < 4.78 is 12.9. The molecule has 2 saturated carbocycles. The van der Waals surface area contributed by atoms with Crippen LogP contribution in [0.15, 0.2) is 36.4 Å². The lowest BCUT2D eigenvalue weighted by Crippen LogP contribution is -2.25. The van der Waals surface area contributed by atoms with E-state index in [2.05, 4.69) is 12.1 Å². The summed E-state index contributed by atoms with van der Waals surface area (Å²) >= 11 is 0. The number of nitriles is 1. The summed E-state index contributed by atoms with van der Waals surface area (Å²) in [7, 11) is 0. The second-order valence-corrected chi connectivity index (χ2v) is 8.82. The fourth-order valence-electron chi connectivity index (χ4n) is 5.35. The van der Waals surface area contributed by atoms with Crippen LogP contribution in [0.2, 0.25) is 0 Å². The van der Waals surface area contributed by atoms with E-state index in [0.29, 0.717) is 5.92 Å². The average molecular weight is 368 g/mol. The molecule has 0 heterocycles. The third-order valence-electron chi connectivity index (χ3n) is 7.06. The van der Waals surface area contributed by atoms with Gasteiger partial charge in [0.2, 0.25) is 0 Å². The zero-order valence-corrected chi connectivity index (χ0v) is 16.6. The highest BCUT2D eigenvalue weighted by molar-refractivity contribution is 5.15. The summed E-state index contributed by atoms with van der Waals surface area (Å²) in [6.45, 7) is 0. The molecule has 0 bridgehead atoms. The minimum atomic E-state index is -0.136. The highest BCUT2D eigenvalue weighted by Gasteiger charge is 2.30. The largest absolute Gasteiger partial charge is 0.207 e. The van der Waals surface area contributed by atoms with E-state index in [1.165, 1.54) is 76.2 Å². The van der Waals surface area contributed by atoms with Crippen molar-refractivity contribution in [1.29, 1.82) is 5.26 Å². The van der Waals surface area contributed by atoms with E-state index in [1.54, 1.807) is 18.2 Å². The molecule has 0 amide bonds. The summed E-state index contributed by atoms with van der Waals surface area (Å²) in [4.78, 5) is 0. The van der Waals surface area contributed by atoms with Crippen molar-refractivity contribution in [2.45, 2.75) is 77.0 Å². The second kappa shape index (κ2) is 10.6. The number of nitrogens with zero attached hydrogens (tertiary/aromatic N) is 1. The molecule has 2 aliphatic carbocycles. The van der Waals surface area contributed by atoms with Crippen LogP contribution in [0.4, 0.5) is 4.39 Å². The monoisotopic (exact) mass is 367 g/mol. The van der Waals surface area contributed by atoms with Crippen LogP contribution in [0.5, 0.6) is 0 Å². The number of aryl methyl sites for hydroxylation is 1. The standard InChI is InChI=1S/C25H34FN/c26-25-17-11-21(12-18-25)5-2-1-4-20-7-13-23(14-8-20)24-15-9-22(10-16-24)6-3-19-27/h3,6,11-12,17-18,20,22-24H,1-2,4-5,7-10,13-16H2/t20-,22-,23-,24-. The Morgan fingerprint density at radius 1 is 0.889 bits per heavy atom. The van der Waals surface area contributed by atoms with Crippen molar-refractivity contribution in [3.8, 4) is 6.07 Å². The Morgan fingerprint density at radius 2 is 1.52 bits per heavy atom. The maximum Gasteiger partial charge on any atom is 0.123 e. The molecule has 2 aliphatic rings. The van der Waals surface area contributed by atoms with Crippen molar-refractivity contribution in [2.75, 3.05) is 0 Å². The van der Waals surface area contributed by atoms with Gasteiger partial charge < -0.3 is 0 Å². The molecule has 27 heavy (non-hydrogen) atoms. The van der Waals surface area contributed by atoms with Gasteiger partial charge in [0.25, 0.3) is 0 Å². The first-order chi connectivity index (χ1) is 13.2. The topological polar surface area (TPSA) is 23.8 Å². The first-order valence-electron chi connectivity index (χ1n) is 11.1. The molecule has 2 fully saturated rings. The van der Waals surface area contributed by atoms with Gasteiger partial charge in [-0.2, -0.15) is 5.26 Å². The lowest BCUT2D eigenvalue weighted by atomic mass is 9.68. The Bertz CT molecular complexity index is 611. The average Bonchev–Trinajstić information content (AvgIpc) is 2.72. The fourth-order valence-corrected chi connectivity index (χ4v) is 5.35. The number of rotatable bonds is 7. The quantitative estimate of drug-likeness (QED) is 0.368.